The fourth-order valence-electron chi connectivity index (χ4n) is 1.79. The Labute approximate surface area is 110 Å². The summed E-state index contributed by atoms with van der Waals surface area (Å²) < 4.78 is 5.51. The summed E-state index contributed by atoms with van der Waals surface area (Å²) in [5.74, 6) is 1.24. The van der Waals surface area contributed by atoms with Crippen molar-refractivity contribution >= 4 is 11.6 Å². The van der Waals surface area contributed by atoms with Crippen LogP contribution in [0.3, 0.4) is 0 Å². The van der Waals surface area contributed by atoms with Crippen molar-refractivity contribution in [2.45, 2.75) is 33.1 Å². The summed E-state index contributed by atoms with van der Waals surface area (Å²) in [5, 5.41) is 0. The van der Waals surface area contributed by atoms with E-state index in [2.05, 4.69) is 38.1 Å². The first-order valence-electron chi connectivity index (χ1n) is 6.45. The number of benzene rings is 1. The van der Waals surface area contributed by atoms with Gasteiger partial charge in [0.15, 0.2) is 0 Å². The zero-order valence-corrected chi connectivity index (χ0v) is 11.7. The van der Waals surface area contributed by atoms with Crippen LogP contribution in [0.25, 0.3) is 0 Å². The molecule has 0 amide bonds. The van der Waals surface area contributed by atoms with Crippen molar-refractivity contribution in [3.8, 4) is 0 Å². The molecule has 0 heterocycles. The van der Waals surface area contributed by atoms with E-state index >= 15 is 0 Å². The number of alkyl halides is 1. The quantitative estimate of drug-likeness (QED) is 0.499. The number of halogens is 1. The summed E-state index contributed by atoms with van der Waals surface area (Å²) in [5.41, 5.74) is 2.68. The van der Waals surface area contributed by atoms with Gasteiger partial charge in [-0.25, -0.2) is 0 Å². The van der Waals surface area contributed by atoms with Crippen molar-refractivity contribution in [2.24, 2.45) is 5.92 Å². The SMILES string of the molecule is CCCOCCC(CCl)Cc1ccc(C)cc1. The molecule has 1 nitrogen and oxygen atoms in total. The Bertz CT molecular complexity index is 294. The first kappa shape index (κ1) is 14.5. The van der Waals surface area contributed by atoms with E-state index in [0.717, 1.165) is 32.5 Å². The van der Waals surface area contributed by atoms with E-state index in [-0.39, 0.29) is 0 Å². The van der Waals surface area contributed by atoms with Gasteiger partial charge in [0, 0.05) is 19.1 Å². The van der Waals surface area contributed by atoms with Crippen LogP contribution in [0.5, 0.6) is 0 Å². The van der Waals surface area contributed by atoms with E-state index in [4.69, 9.17) is 16.3 Å². The Hall–Kier alpha value is -0.530. The highest BCUT2D eigenvalue weighted by atomic mass is 35.5. The van der Waals surface area contributed by atoms with Gasteiger partial charge in [0.1, 0.15) is 0 Å². The van der Waals surface area contributed by atoms with Crippen LogP contribution in [0.2, 0.25) is 0 Å². The van der Waals surface area contributed by atoms with Crippen molar-refractivity contribution in [2.75, 3.05) is 19.1 Å². The minimum absolute atomic E-state index is 0.524. The standard InChI is InChI=1S/C15H23ClO/c1-3-9-17-10-8-15(12-16)11-14-6-4-13(2)5-7-14/h4-7,15H,3,8-12H2,1-2H3. The molecule has 2 heteroatoms. The zero-order chi connectivity index (χ0) is 12.5. The lowest BCUT2D eigenvalue weighted by Crippen LogP contribution is -2.10. The van der Waals surface area contributed by atoms with E-state index in [0.29, 0.717) is 11.8 Å². The lowest BCUT2D eigenvalue weighted by Gasteiger charge is -2.14. The van der Waals surface area contributed by atoms with Crippen molar-refractivity contribution in [1.82, 2.24) is 0 Å². The van der Waals surface area contributed by atoms with Crippen molar-refractivity contribution in [3.05, 3.63) is 35.4 Å². The largest absolute Gasteiger partial charge is 0.381 e. The van der Waals surface area contributed by atoms with Crippen LogP contribution < -0.4 is 0 Å². The third-order valence-corrected chi connectivity index (χ3v) is 3.32. The summed E-state index contributed by atoms with van der Waals surface area (Å²) in [6, 6.07) is 8.71. The normalized spacial score (nSPS) is 12.6. The third kappa shape index (κ3) is 6.09. The van der Waals surface area contributed by atoms with Gasteiger partial charge in [0.25, 0.3) is 0 Å². The van der Waals surface area contributed by atoms with Gasteiger partial charge in [-0.05, 0) is 37.7 Å². The van der Waals surface area contributed by atoms with Crippen molar-refractivity contribution in [3.63, 3.8) is 0 Å². The van der Waals surface area contributed by atoms with Gasteiger partial charge in [-0.2, -0.15) is 0 Å². The average Bonchev–Trinajstić information content (AvgIpc) is 2.35. The molecular formula is C15H23ClO. The number of rotatable bonds is 8. The molecule has 0 bridgehead atoms. The molecule has 0 aliphatic carbocycles. The fourth-order valence-corrected chi connectivity index (χ4v) is 2.05. The second-order valence-corrected chi connectivity index (χ2v) is 4.92. The van der Waals surface area contributed by atoms with Gasteiger partial charge >= 0.3 is 0 Å². The maximum atomic E-state index is 6.01. The Kier molecular flexibility index (Phi) is 7.30. The molecule has 96 valence electrons. The Morgan fingerprint density at radius 1 is 1.18 bits per heavy atom. The van der Waals surface area contributed by atoms with E-state index in [9.17, 15) is 0 Å². The van der Waals surface area contributed by atoms with Crippen LogP contribution in [0, 0.1) is 12.8 Å². The molecule has 0 saturated heterocycles. The molecule has 1 aromatic rings. The smallest absolute Gasteiger partial charge is 0.0469 e. The van der Waals surface area contributed by atoms with Crippen LogP contribution in [0.1, 0.15) is 30.9 Å². The maximum absolute atomic E-state index is 6.01. The zero-order valence-electron chi connectivity index (χ0n) is 10.9. The highest BCUT2D eigenvalue weighted by molar-refractivity contribution is 6.18. The molecule has 0 saturated carbocycles. The van der Waals surface area contributed by atoms with E-state index in [1.807, 2.05) is 0 Å². The first-order valence-corrected chi connectivity index (χ1v) is 6.99. The molecule has 0 radical (unpaired) electrons. The molecule has 0 aromatic heterocycles. The number of aryl methyl sites for hydroxylation is 1. The van der Waals surface area contributed by atoms with Crippen LogP contribution in [-0.2, 0) is 11.2 Å². The highest BCUT2D eigenvalue weighted by Crippen LogP contribution is 2.15. The van der Waals surface area contributed by atoms with Gasteiger partial charge < -0.3 is 4.74 Å². The molecule has 1 rings (SSSR count). The average molecular weight is 255 g/mol. The second-order valence-electron chi connectivity index (χ2n) is 4.61. The van der Waals surface area contributed by atoms with Gasteiger partial charge in [-0.15, -0.1) is 11.6 Å². The summed E-state index contributed by atoms with van der Waals surface area (Å²) >= 11 is 6.01. The first-order chi connectivity index (χ1) is 8.26. The van der Waals surface area contributed by atoms with E-state index in [1.165, 1.54) is 11.1 Å². The molecule has 17 heavy (non-hydrogen) atoms. The minimum atomic E-state index is 0.524. The molecule has 0 aliphatic heterocycles. The number of hydrogen-bond acceptors (Lipinski definition) is 1. The maximum Gasteiger partial charge on any atom is 0.0469 e. The summed E-state index contributed by atoms with van der Waals surface area (Å²) in [4.78, 5) is 0. The molecule has 1 unspecified atom stereocenters. The van der Waals surface area contributed by atoms with E-state index in [1.54, 1.807) is 0 Å². The van der Waals surface area contributed by atoms with Crippen LogP contribution in [0.15, 0.2) is 24.3 Å². The topological polar surface area (TPSA) is 9.23 Å². The minimum Gasteiger partial charge on any atom is -0.381 e. The van der Waals surface area contributed by atoms with Crippen molar-refractivity contribution in [1.29, 1.82) is 0 Å². The van der Waals surface area contributed by atoms with E-state index < -0.39 is 0 Å². The van der Waals surface area contributed by atoms with Gasteiger partial charge in [0.2, 0.25) is 0 Å². The molecular weight excluding hydrogens is 232 g/mol. The number of ether oxygens (including phenoxy) is 1. The molecule has 0 spiro atoms. The van der Waals surface area contributed by atoms with Crippen molar-refractivity contribution < 1.29 is 4.74 Å². The molecule has 0 aliphatic rings. The summed E-state index contributed by atoms with van der Waals surface area (Å²) in [6.07, 6.45) is 3.19. The summed E-state index contributed by atoms with van der Waals surface area (Å²) in [6.45, 7) is 5.93. The highest BCUT2D eigenvalue weighted by Gasteiger charge is 2.08. The molecule has 0 fully saturated rings. The van der Waals surface area contributed by atoms with Crippen LogP contribution in [-0.4, -0.2) is 19.1 Å². The third-order valence-electron chi connectivity index (χ3n) is 2.88. The second kappa shape index (κ2) is 8.54. The van der Waals surface area contributed by atoms with Gasteiger partial charge in [-0.1, -0.05) is 36.8 Å². The predicted molar refractivity (Wildman–Crippen MR) is 74.8 cm³/mol. The molecule has 0 N–H and O–H groups in total. The predicted octanol–water partition coefficient (Wildman–Crippen LogP) is 4.21. The molecule has 1 atom stereocenters. The Morgan fingerprint density at radius 3 is 2.47 bits per heavy atom. The fraction of sp³-hybridized carbons (Fsp3) is 0.600. The van der Waals surface area contributed by atoms with Gasteiger partial charge in [0.05, 0.1) is 0 Å². The molecule has 1 aromatic carbocycles. The monoisotopic (exact) mass is 254 g/mol. The summed E-state index contributed by atoms with van der Waals surface area (Å²) in [7, 11) is 0. The lowest BCUT2D eigenvalue weighted by molar-refractivity contribution is 0.122. The van der Waals surface area contributed by atoms with Crippen LogP contribution >= 0.6 is 11.6 Å². The Morgan fingerprint density at radius 2 is 1.88 bits per heavy atom. The van der Waals surface area contributed by atoms with Crippen LogP contribution in [0.4, 0.5) is 0 Å². The van der Waals surface area contributed by atoms with Gasteiger partial charge in [-0.3, -0.25) is 0 Å². The lowest BCUT2D eigenvalue weighted by atomic mass is 9.98. The Balaban J connectivity index is 2.33. The number of hydrogen-bond donors (Lipinski definition) is 0.